The predicted octanol–water partition coefficient (Wildman–Crippen LogP) is 4.85. The molecule has 144 valence electrons. The van der Waals surface area contributed by atoms with Crippen molar-refractivity contribution in [2.75, 3.05) is 12.0 Å². The van der Waals surface area contributed by atoms with Gasteiger partial charge < -0.3 is 10.8 Å². The van der Waals surface area contributed by atoms with E-state index in [1.165, 1.54) is 4.90 Å². The van der Waals surface area contributed by atoms with E-state index in [2.05, 4.69) is 54.8 Å². The summed E-state index contributed by atoms with van der Waals surface area (Å²) in [7, 11) is 0. The van der Waals surface area contributed by atoms with Crippen LogP contribution in [0.2, 0.25) is 0 Å². The van der Waals surface area contributed by atoms with Gasteiger partial charge in [-0.3, -0.25) is 4.79 Å². The number of hydrogen-bond acceptors (Lipinski definition) is 4. The number of carbonyl (C=O) groups is 1. The van der Waals surface area contributed by atoms with E-state index in [-0.39, 0.29) is 0 Å². The molecule has 0 bridgehead atoms. The van der Waals surface area contributed by atoms with Crippen LogP contribution in [0.5, 0.6) is 0 Å². The molecule has 0 saturated carbocycles. The highest BCUT2D eigenvalue weighted by molar-refractivity contribution is 8.00. The number of hydrogen-bond donors (Lipinski definition) is 2. The summed E-state index contributed by atoms with van der Waals surface area (Å²) in [5.41, 5.74) is 9.18. The van der Waals surface area contributed by atoms with Gasteiger partial charge in [0.1, 0.15) is 6.04 Å². The Balaban J connectivity index is 2.20. The van der Waals surface area contributed by atoms with Gasteiger partial charge in [-0.15, -0.1) is 23.5 Å². The SMILES string of the molecule is CSc1ccc(C(SC[C@H](N)C(=O)O)(c2ccccc2)c2ccccc2)cc1. The Labute approximate surface area is 174 Å². The molecule has 0 aliphatic rings. The van der Waals surface area contributed by atoms with Crippen molar-refractivity contribution in [3.05, 3.63) is 102 Å². The Kier molecular flexibility index (Phi) is 6.83. The molecule has 28 heavy (non-hydrogen) atoms. The van der Waals surface area contributed by atoms with E-state index in [0.717, 1.165) is 16.7 Å². The summed E-state index contributed by atoms with van der Waals surface area (Å²) in [6.45, 7) is 0. The molecule has 3 rings (SSSR count). The molecule has 0 amide bonds. The second-order valence-electron chi connectivity index (χ2n) is 6.40. The highest BCUT2D eigenvalue weighted by Crippen LogP contribution is 2.48. The molecule has 1 atom stereocenters. The van der Waals surface area contributed by atoms with Crippen LogP contribution in [0.1, 0.15) is 16.7 Å². The van der Waals surface area contributed by atoms with Crippen molar-refractivity contribution in [1.82, 2.24) is 0 Å². The lowest BCUT2D eigenvalue weighted by atomic mass is 9.84. The van der Waals surface area contributed by atoms with Gasteiger partial charge in [0.15, 0.2) is 0 Å². The molecule has 3 N–H and O–H groups in total. The lowest BCUT2D eigenvalue weighted by Crippen LogP contribution is -2.36. The zero-order valence-electron chi connectivity index (χ0n) is 15.6. The van der Waals surface area contributed by atoms with Crippen LogP contribution in [-0.2, 0) is 9.54 Å². The Morgan fingerprint density at radius 3 is 1.79 bits per heavy atom. The topological polar surface area (TPSA) is 63.3 Å². The van der Waals surface area contributed by atoms with E-state index in [1.54, 1.807) is 23.5 Å². The Morgan fingerprint density at radius 2 is 1.36 bits per heavy atom. The van der Waals surface area contributed by atoms with E-state index in [9.17, 15) is 9.90 Å². The molecule has 0 fully saturated rings. The van der Waals surface area contributed by atoms with Crippen LogP contribution < -0.4 is 5.73 Å². The molecular formula is C23H23NO2S2. The van der Waals surface area contributed by atoms with E-state index < -0.39 is 16.8 Å². The van der Waals surface area contributed by atoms with Crippen LogP contribution in [-0.4, -0.2) is 29.1 Å². The smallest absolute Gasteiger partial charge is 0.321 e. The van der Waals surface area contributed by atoms with Crippen molar-refractivity contribution in [3.63, 3.8) is 0 Å². The number of nitrogens with two attached hydrogens (primary N) is 1. The lowest BCUT2D eigenvalue weighted by molar-refractivity contribution is -0.137. The van der Waals surface area contributed by atoms with Gasteiger partial charge in [0, 0.05) is 10.6 Å². The Morgan fingerprint density at radius 1 is 0.893 bits per heavy atom. The van der Waals surface area contributed by atoms with Crippen LogP contribution in [0.4, 0.5) is 0 Å². The van der Waals surface area contributed by atoms with Gasteiger partial charge in [-0.25, -0.2) is 0 Å². The van der Waals surface area contributed by atoms with Gasteiger partial charge in [-0.1, -0.05) is 72.8 Å². The average molecular weight is 410 g/mol. The van der Waals surface area contributed by atoms with Gasteiger partial charge in [-0.05, 0) is 35.1 Å². The standard InChI is InChI=1S/C23H23NO2S2/c1-27-20-14-12-19(13-15-20)23(17-8-4-2-5-9-17,18-10-6-3-7-11-18)28-16-21(24)22(25)26/h2-15,21H,16,24H2,1H3,(H,25,26)/t21-/m0/s1. The third-order valence-electron chi connectivity index (χ3n) is 4.65. The number of rotatable bonds is 8. The van der Waals surface area contributed by atoms with Gasteiger partial charge in [0.25, 0.3) is 0 Å². The van der Waals surface area contributed by atoms with Crippen LogP contribution in [0.15, 0.2) is 89.8 Å². The fourth-order valence-corrected chi connectivity index (χ4v) is 5.10. The predicted molar refractivity (Wildman–Crippen MR) is 119 cm³/mol. The molecule has 0 saturated heterocycles. The third kappa shape index (κ3) is 4.27. The van der Waals surface area contributed by atoms with Crippen molar-refractivity contribution in [1.29, 1.82) is 0 Å². The first-order chi connectivity index (χ1) is 13.6. The number of carboxylic acid groups (broad SMARTS) is 1. The molecule has 3 aromatic rings. The molecule has 0 unspecified atom stereocenters. The van der Waals surface area contributed by atoms with Crippen molar-refractivity contribution in [3.8, 4) is 0 Å². The normalized spacial score (nSPS) is 12.5. The van der Waals surface area contributed by atoms with Crippen molar-refractivity contribution < 1.29 is 9.90 Å². The minimum absolute atomic E-state index is 0.295. The monoisotopic (exact) mass is 409 g/mol. The molecule has 0 spiro atoms. The van der Waals surface area contributed by atoms with E-state index in [0.29, 0.717) is 5.75 Å². The summed E-state index contributed by atoms with van der Waals surface area (Å²) in [5.74, 6) is -0.691. The number of carboxylic acids is 1. The number of thioether (sulfide) groups is 2. The maximum atomic E-state index is 11.4. The molecule has 3 nitrogen and oxygen atoms in total. The molecule has 0 heterocycles. The molecule has 0 aromatic heterocycles. The molecule has 5 heteroatoms. The van der Waals surface area contributed by atoms with E-state index in [1.807, 2.05) is 36.4 Å². The summed E-state index contributed by atoms with van der Waals surface area (Å²) < 4.78 is -0.549. The maximum absolute atomic E-state index is 11.4. The van der Waals surface area contributed by atoms with Crippen molar-refractivity contribution in [2.45, 2.75) is 15.7 Å². The van der Waals surface area contributed by atoms with Crippen LogP contribution in [0, 0.1) is 0 Å². The second kappa shape index (κ2) is 9.32. The fraction of sp³-hybridized carbons (Fsp3) is 0.174. The fourth-order valence-electron chi connectivity index (χ4n) is 3.21. The lowest BCUT2D eigenvalue weighted by Gasteiger charge is -2.36. The van der Waals surface area contributed by atoms with Gasteiger partial charge >= 0.3 is 5.97 Å². The highest BCUT2D eigenvalue weighted by atomic mass is 32.2. The summed E-state index contributed by atoms with van der Waals surface area (Å²) in [6.07, 6.45) is 2.05. The Bertz CT molecular complexity index is 859. The van der Waals surface area contributed by atoms with Gasteiger partial charge in [-0.2, -0.15) is 0 Å². The largest absolute Gasteiger partial charge is 0.480 e. The van der Waals surface area contributed by atoms with Crippen molar-refractivity contribution >= 4 is 29.5 Å². The van der Waals surface area contributed by atoms with Crippen molar-refractivity contribution in [2.24, 2.45) is 5.73 Å². The van der Waals surface area contributed by atoms with Gasteiger partial charge in [0.05, 0.1) is 4.75 Å². The Hall–Kier alpha value is -2.21. The molecular weight excluding hydrogens is 386 g/mol. The minimum Gasteiger partial charge on any atom is -0.480 e. The average Bonchev–Trinajstić information content (AvgIpc) is 2.76. The second-order valence-corrected chi connectivity index (χ2v) is 8.51. The summed E-state index contributed by atoms with van der Waals surface area (Å²) in [4.78, 5) is 12.6. The first kappa shape index (κ1) is 20.5. The molecule has 0 aliphatic carbocycles. The van der Waals surface area contributed by atoms with Crippen LogP contribution in [0.3, 0.4) is 0 Å². The zero-order chi connectivity index (χ0) is 20.0. The maximum Gasteiger partial charge on any atom is 0.321 e. The van der Waals surface area contributed by atoms with E-state index >= 15 is 0 Å². The van der Waals surface area contributed by atoms with Crippen LogP contribution in [0.25, 0.3) is 0 Å². The quantitative estimate of drug-likeness (QED) is 0.411. The zero-order valence-corrected chi connectivity index (χ0v) is 17.2. The third-order valence-corrected chi connectivity index (χ3v) is 7.06. The summed E-state index contributed by atoms with van der Waals surface area (Å²) in [5, 5.41) is 9.32. The van der Waals surface area contributed by atoms with E-state index in [4.69, 9.17) is 5.73 Å². The molecule has 0 aliphatic heterocycles. The number of benzene rings is 3. The molecule has 3 aromatic carbocycles. The van der Waals surface area contributed by atoms with Crippen LogP contribution >= 0.6 is 23.5 Å². The summed E-state index contributed by atoms with van der Waals surface area (Å²) in [6, 6.07) is 28.0. The highest BCUT2D eigenvalue weighted by Gasteiger charge is 2.37. The molecule has 0 radical (unpaired) electrons. The number of aliphatic carboxylic acids is 1. The summed E-state index contributed by atoms with van der Waals surface area (Å²) >= 11 is 3.26. The first-order valence-electron chi connectivity index (χ1n) is 8.96. The minimum atomic E-state index is -0.986. The first-order valence-corrected chi connectivity index (χ1v) is 11.2. The van der Waals surface area contributed by atoms with Gasteiger partial charge in [0.2, 0.25) is 0 Å².